The molecule has 172 valence electrons. The van der Waals surface area contributed by atoms with Crippen LogP contribution >= 0.6 is 0 Å². The van der Waals surface area contributed by atoms with Gasteiger partial charge in [0.05, 0.1) is 12.2 Å². The van der Waals surface area contributed by atoms with Gasteiger partial charge in [-0.1, -0.05) is 30.3 Å². The molecule has 1 fully saturated rings. The van der Waals surface area contributed by atoms with Gasteiger partial charge in [0, 0.05) is 57.2 Å². The smallest absolute Gasteiger partial charge is 0.237 e. The average molecular weight is 437 g/mol. The van der Waals surface area contributed by atoms with E-state index in [1.54, 1.807) is 0 Å². The van der Waals surface area contributed by atoms with Gasteiger partial charge in [-0.05, 0) is 38.8 Å². The van der Waals surface area contributed by atoms with Gasteiger partial charge in [-0.3, -0.25) is 9.69 Å². The Bertz CT molecular complexity index is 899. The van der Waals surface area contributed by atoms with E-state index >= 15 is 0 Å². The molecule has 0 bridgehead atoms. The highest BCUT2D eigenvalue weighted by atomic mass is 16.2. The van der Waals surface area contributed by atoms with E-state index < -0.39 is 0 Å². The first-order chi connectivity index (χ1) is 15.5. The fourth-order valence-electron chi connectivity index (χ4n) is 4.78. The number of likely N-dealkylation sites (tertiary alicyclic amines) is 1. The van der Waals surface area contributed by atoms with Crippen LogP contribution in [0.2, 0.25) is 0 Å². The average Bonchev–Trinajstić information content (AvgIpc) is 2.82. The number of nitrogens with zero attached hydrogens (tertiary/aromatic N) is 4. The highest BCUT2D eigenvalue weighted by Crippen LogP contribution is 2.28. The molecule has 7 nitrogen and oxygen atoms in total. The largest absolute Gasteiger partial charge is 0.373 e. The predicted molar refractivity (Wildman–Crippen MR) is 128 cm³/mol. The molecular formula is C25H36N6O. The van der Waals surface area contributed by atoms with Crippen molar-refractivity contribution in [1.82, 2.24) is 25.1 Å². The molecule has 2 aliphatic rings. The Kier molecular flexibility index (Phi) is 7.37. The second-order valence-corrected chi connectivity index (χ2v) is 9.21. The van der Waals surface area contributed by atoms with Crippen LogP contribution in [0.4, 0.5) is 5.82 Å². The van der Waals surface area contributed by atoms with Gasteiger partial charge in [0.15, 0.2) is 0 Å². The van der Waals surface area contributed by atoms with Crippen molar-refractivity contribution >= 4 is 11.7 Å². The summed E-state index contributed by atoms with van der Waals surface area (Å²) in [6, 6.07) is 10.4. The van der Waals surface area contributed by atoms with Crippen LogP contribution in [0.3, 0.4) is 0 Å². The molecule has 0 radical (unpaired) electrons. The van der Waals surface area contributed by atoms with E-state index in [0.29, 0.717) is 13.1 Å². The predicted octanol–water partition coefficient (Wildman–Crippen LogP) is 2.78. The van der Waals surface area contributed by atoms with Crippen molar-refractivity contribution in [3.63, 3.8) is 0 Å². The number of hydrogen-bond acceptors (Lipinski definition) is 6. The van der Waals surface area contributed by atoms with Crippen LogP contribution < -0.4 is 10.6 Å². The fraction of sp³-hybridized carbons (Fsp3) is 0.560. The first-order valence-corrected chi connectivity index (χ1v) is 11.9. The molecular weight excluding hydrogens is 400 g/mol. The molecule has 1 unspecified atom stereocenters. The number of nitrogens with one attached hydrogen (secondary N) is 2. The Labute approximate surface area is 191 Å². The van der Waals surface area contributed by atoms with Crippen molar-refractivity contribution in [2.75, 3.05) is 38.5 Å². The topological polar surface area (TPSA) is 73.4 Å². The molecule has 1 atom stereocenters. The number of carbonyl (C=O) groups is 1. The van der Waals surface area contributed by atoms with Crippen molar-refractivity contribution in [3.8, 4) is 0 Å². The minimum absolute atomic E-state index is 0.166. The van der Waals surface area contributed by atoms with Crippen molar-refractivity contribution in [2.24, 2.45) is 0 Å². The van der Waals surface area contributed by atoms with Crippen LogP contribution in [0.5, 0.6) is 0 Å². The molecule has 2 aromatic rings. The van der Waals surface area contributed by atoms with E-state index in [9.17, 15) is 4.79 Å². The highest BCUT2D eigenvalue weighted by molar-refractivity contribution is 5.78. The minimum Gasteiger partial charge on any atom is -0.373 e. The van der Waals surface area contributed by atoms with Gasteiger partial charge in [-0.2, -0.15) is 0 Å². The summed E-state index contributed by atoms with van der Waals surface area (Å²) >= 11 is 0. The monoisotopic (exact) mass is 436 g/mol. The third-order valence-electron chi connectivity index (χ3n) is 6.56. The first-order valence-electron chi connectivity index (χ1n) is 11.9. The number of aromatic nitrogens is 2. The summed E-state index contributed by atoms with van der Waals surface area (Å²) < 4.78 is 0. The number of hydrogen-bond donors (Lipinski definition) is 2. The van der Waals surface area contributed by atoms with Gasteiger partial charge in [-0.25, -0.2) is 9.97 Å². The molecule has 0 aliphatic carbocycles. The zero-order valence-electron chi connectivity index (χ0n) is 19.6. The zero-order chi connectivity index (χ0) is 22.5. The second-order valence-electron chi connectivity index (χ2n) is 9.21. The van der Waals surface area contributed by atoms with Crippen LogP contribution in [0.1, 0.15) is 55.3 Å². The first kappa shape index (κ1) is 22.7. The number of fused-ring (bicyclic) bond motifs is 1. The maximum atomic E-state index is 13.2. The lowest BCUT2D eigenvalue weighted by atomic mass is 9.96. The van der Waals surface area contributed by atoms with Gasteiger partial charge >= 0.3 is 0 Å². The maximum absolute atomic E-state index is 13.2. The molecule has 4 rings (SSSR count). The van der Waals surface area contributed by atoms with E-state index in [1.165, 1.54) is 16.8 Å². The summed E-state index contributed by atoms with van der Waals surface area (Å²) in [5, 5.41) is 6.67. The van der Waals surface area contributed by atoms with Crippen molar-refractivity contribution in [1.29, 1.82) is 0 Å². The quantitative estimate of drug-likeness (QED) is 0.695. The molecule has 3 heterocycles. The van der Waals surface area contributed by atoms with Crippen LogP contribution in [0.25, 0.3) is 0 Å². The van der Waals surface area contributed by atoms with Crippen LogP contribution in [-0.4, -0.2) is 64.9 Å². The molecule has 1 amide bonds. The standard InChI is InChI=1S/C25H36N6O/c1-18(2)31(15-19-8-5-4-6-9-19)23(32)17-30-13-7-10-20(16-30)24-28-22-11-12-27-14-21(22)25(26-3)29-24/h4-6,8-9,18,20,27H,7,10-17H2,1-3H3,(H,26,28,29). The highest BCUT2D eigenvalue weighted by Gasteiger charge is 2.28. The number of amides is 1. The number of rotatable bonds is 7. The number of carbonyl (C=O) groups excluding carboxylic acids is 1. The molecule has 0 spiro atoms. The van der Waals surface area contributed by atoms with Gasteiger partial charge in [0.25, 0.3) is 0 Å². The third kappa shape index (κ3) is 5.27. The molecule has 1 aromatic carbocycles. The molecule has 1 aromatic heterocycles. The van der Waals surface area contributed by atoms with E-state index in [-0.39, 0.29) is 17.9 Å². The molecule has 0 saturated carbocycles. The van der Waals surface area contributed by atoms with Gasteiger partial charge < -0.3 is 15.5 Å². The van der Waals surface area contributed by atoms with Crippen LogP contribution in [0.15, 0.2) is 30.3 Å². The summed E-state index contributed by atoms with van der Waals surface area (Å²) in [6.07, 6.45) is 3.08. The summed E-state index contributed by atoms with van der Waals surface area (Å²) in [5.74, 6) is 2.33. The zero-order valence-corrected chi connectivity index (χ0v) is 19.6. The molecule has 7 heteroatoms. The maximum Gasteiger partial charge on any atom is 0.237 e. The van der Waals surface area contributed by atoms with Crippen LogP contribution in [0, 0.1) is 0 Å². The molecule has 1 saturated heterocycles. The normalized spacial score (nSPS) is 18.9. The van der Waals surface area contributed by atoms with Gasteiger partial charge in [0.1, 0.15) is 11.6 Å². The molecule has 32 heavy (non-hydrogen) atoms. The number of anilines is 1. The van der Waals surface area contributed by atoms with E-state index in [0.717, 1.165) is 57.1 Å². The van der Waals surface area contributed by atoms with Gasteiger partial charge in [-0.15, -0.1) is 0 Å². The Balaban J connectivity index is 1.44. The molecule has 2 N–H and O–H groups in total. The SMILES string of the molecule is CNc1nc(C2CCCN(CC(=O)N(Cc3ccccc3)C(C)C)C2)nc2c1CNCC2. The Morgan fingerprint density at radius 3 is 2.84 bits per heavy atom. The van der Waals surface area contributed by atoms with E-state index in [4.69, 9.17) is 9.97 Å². The van der Waals surface area contributed by atoms with Crippen molar-refractivity contribution in [3.05, 3.63) is 53.0 Å². The minimum atomic E-state index is 0.166. The summed E-state index contributed by atoms with van der Waals surface area (Å²) in [4.78, 5) is 27.3. The summed E-state index contributed by atoms with van der Waals surface area (Å²) in [5.41, 5.74) is 3.53. The number of benzene rings is 1. The lowest BCUT2D eigenvalue weighted by Gasteiger charge is -2.35. The fourth-order valence-corrected chi connectivity index (χ4v) is 4.78. The summed E-state index contributed by atoms with van der Waals surface area (Å²) in [7, 11) is 1.93. The Morgan fingerprint density at radius 1 is 1.28 bits per heavy atom. The Hall–Kier alpha value is -2.51. The molecule has 2 aliphatic heterocycles. The van der Waals surface area contributed by atoms with E-state index in [1.807, 2.05) is 30.1 Å². The Morgan fingerprint density at radius 2 is 2.09 bits per heavy atom. The lowest BCUT2D eigenvalue weighted by Crippen LogP contribution is -2.46. The van der Waals surface area contributed by atoms with Crippen molar-refractivity contribution in [2.45, 2.75) is 58.2 Å². The second kappa shape index (κ2) is 10.4. The number of piperidine rings is 1. The third-order valence-corrected chi connectivity index (χ3v) is 6.56. The van der Waals surface area contributed by atoms with Gasteiger partial charge in [0.2, 0.25) is 5.91 Å². The lowest BCUT2D eigenvalue weighted by molar-refractivity contribution is -0.135. The van der Waals surface area contributed by atoms with Crippen molar-refractivity contribution < 1.29 is 4.79 Å². The van der Waals surface area contributed by atoms with E-state index in [2.05, 4.69) is 41.5 Å². The summed E-state index contributed by atoms with van der Waals surface area (Å²) in [6.45, 7) is 8.87. The van der Waals surface area contributed by atoms with Crippen LogP contribution in [-0.2, 0) is 24.3 Å².